The van der Waals surface area contributed by atoms with Gasteiger partial charge in [0.2, 0.25) is 0 Å². The molecule has 0 heterocycles. The second-order valence-electron chi connectivity index (χ2n) is 4.48. The van der Waals surface area contributed by atoms with Crippen molar-refractivity contribution in [1.29, 1.82) is 0 Å². The summed E-state index contributed by atoms with van der Waals surface area (Å²) in [5, 5.41) is 0. The van der Waals surface area contributed by atoms with Crippen LogP contribution in [0.15, 0.2) is 24.3 Å². The Hall–Kier alpha value is -1.08. The van der Waals surface area contributed by atoms with Crippen LogP contribution in [0.4, 0.5) is 0 Å². The van der Waals surface area contributed by atoms with Gasteiger partial charge in [-0.3, -0.25) is 0 Å². The van der Waals surface area contributed by atoms with Crippen molar-refractivity contribution in [3.63, 3.8) is 0 Å². The lowest BCUT2D eigenvalue weighted by atomic mass is 9.92. The molecule has 0 fully saturated rings. The van der Waals surface area contributed by atoms with Gasteiger partial charge in [-0.05, 0) is 43.6 Å². The van der Waals surface area contributed by atoms with E-state index in [-0.39, 0.29) is 0 Å². The Kier molecular flexibility index (Phi) is 2.92. The van der Waals surface area contributed by atoms with E-state index in [1.807, 2.05) is 0 Å². The predicted octanol–water partition coefficient (Wildman–Crippen LogP) is 2.75. The molecule has 1 unspecified atom stereocenters. The van der Waals surface area contributed by atoms with Gasteiger partial charge in [0.15, 0.2) is 0 Å². The van der Waals surface area contributed by atoms with Crippen LogP contribution in [0.3, 0.4) is 0 Å². The van der Waals surface area contributed by atoms with Crippen LogP contribution >= 0.6 is 0 Å². The molecular formula is C14H19N. The first-order valence-corrected chi connectivity index (χ1v) is 5.67. The van der Waals surface area contributed by atoms with Crippen LogP contribution in [0.25, 0.3) is 6.08 Å². The third-order valence-electron chi connectivity index (χ3n) is 3.21. The summed E-state index contributed by atoms with van der Waals surface area (Å²) >= 11 is 0. The van der Waals surface area contributed by atoms with Crippen LogP contribution in [0.5, 0.6) is 0 Å². The molecule has 0 N–H and O–H groups in total. The third kappa shape index (κ3) is 2.13. The molecule has 0 aromatic heterocycles. The van der Waals surface area contributed by atoms with Crippen LogP contribution in [-0.4, -0.2) is 25.0 Å². The van der Waals surface area contributed by atoms with E-state index in [0.717, 1.165) is 12.8 Å². The van der Waals surface area contributed by atoms with Crippen molar-refractivity contribution in [3.8, 4) is 0 Å². The second kappa shape index (κ2) is 4.19. The summed E-state index contributed by atoms with van der Waals surface area (Å²) in [6, 6.07) is 7.42. The third-order valence-corrected chi connectivity index (χ3v) is 3.21. The molecule has 0 amide bonds. The molecule has 0 spiro atoms. The van der Waals surface area contributed by atoms with Crippen LogP contribution in [0, 0.1) is 0 Å². The molecule has 1 aromatic rings. The minimum Gasteiger partial charge on any atom is -0.303 e. The van der Waals surface area contributed by atoms with Crippen molar-refractivity contribution in [2.75, 3.05) is 14.1 Å². The second-order valence-corrected chi connectivity index (χ2v) is 4.48. The Morgan fingerprint density at radius 2 is 2.13 bits per heavy atom. The van der Waals surface area contributed by atoms with E-state index in [1.165, 1.54) is 16.7 Å². The highest BCUT2D eigenvalue weighted by molar-refractivity contribution is 5.58. The fraction of sp³-hybridized carbons (Fsp3) is 0.429. The predicted molar refractivity (Wildman–Crippen MR) is 66.0 cm³/mol. The van der Waals surface area contributed by atoms with E-state index in [0.29, 0.717) is 6.04 Å². The molecule has 0 radical (unpaired) electrons. The maximum atomic E-state index is 2.32. The molecule has 1 nitrogen and oxygen atoms in total. The van der Waals surface area contributed by atoms with Crippen molar-refractivity contribution >= 4 is 6.08 Å². The van der Waals surface area contributed by atoms with E-state index in [4.69, 9.17) is 0 Å². The van der Waals surface area contributed by atoms with Crippen molar-refractivity contribution < 1.29 is 0 Å². The summed E-state index contributed by atoms with van der Waals surface area (Å²) in [7, 11) is 4.28. The van der Waals surface area contributed by atoms with E-state index in [1.54, 1.807) is 0 Å². The molecule has 1 heteroatoms. The molecule has 1 aliphatic carbocycles. The van der Waals surface area contributed by atoms with E-state index in [2.05, 4.69) is 56.3 Å². The average Bonchev–Trinajstić information content (AvgIpc) is 2.27. The van der Waals surface area contributed by atoms with Crippen molar-refractivity contribution in [1.82, 2.24) is 4.90 Å². The van der Waals surface area contributed by atoms with Gasteiger partial charge in [0.05, 0.1) is 0 Å². The number of likely N-dealkylation sites (N-methyl/N-ethyl adjacent to an activating group) is 1. The van der Waals surface area contributed by atoms with Crippen molar-refractivity contribution in [2.45, 2.75) is 25.8 Å². The Balaban J connectivity index is 2.28. The molecule has 1 aromatic carbocycles. The molecule has 80 valence electrons. The average molecular weight is 201 g/mol. The summed E-state index contributed by atoms with van der Waals surface area (Å²) in [5.41, 5.74) is 4.32. The highest BCUT2D eigenvalue weighted by Gasteiger charge is 2.15. The maximum absolute atomic E-state index is 2.32. The van der Waals surface area contributed by atoms with Crippen LogP contribution in [0.2, 0.25) is 0 Å². The van der Waals surface area contributed by atoms with Gasteiger partial charge in [-0.25, -0.2) is 0 Å². The number of rotatable bonds is 2. The lowest BCUT2D eigenvalue weighted by Crippen LogP contribution is -2.29. The van der Waals surface area contributed by atoms with E-state index in [9.17, 15) is 0 Å². The zero-order valence-electron chi connectivity index (χ0n) is 9.83. The minimum atomic E-state index is 0.560. The van der Waals surface area contributed by atoms with Gasteiger partial charge < -0.3 is 4.90 Å². The Morgan fingerprint density at radius 1 is 1.33 bits per heavy atom. The number of nitrogens with zero attached hydrogens (tertiary/aromatic N) is 1. The zero-order chi connectivity index (χ0) is 10.8. The summed E-state index contributed by atoms with van der Waals surface area (Å²) in [4.78, 5) is 2.27. The quantitative estimate of drug-likeness (QED) is 0.711. The SMILES string of the molecule is CCc1ccc2c(c1)C=CC(N(C)C)C2. The molecule has 15 heavy (non-hydrogen) atoms. The largest absolute Gasteiger partial charge is 0.303 e. The van der Waals surface area contributed by atoms with Gasteiger partial charge in [-0.15, -0.1) is 0 Å². The fourth-order valence-corrected chi connectivity index (χ4v) is 2.07. The lowest BCUT2D eigenvalue weighted by Gasteiger charge is -2.25. The zero-order valence-corrected chi connectivity index (χ0v) is 9.83. The van der Waals surface area contributed by atoms with E-state index < -0.39 is 0 Å². The number of aryl methyl sites for hydroxylation is 1. The van der Waals surface area contributed by atoms with Gasteiger partial charge in [0, 0.05) is 6.04 Å². The molecule has 0 saturated heterocycles. The molecule has 2 rings (SSSR count). The van der Waals surface area contributed by atoms with Crippen LogP contribution in [0.1, 0.15) is 23.6 Å². The summed E-state index contributed by atoms with van der Waals surface area (Å²) < 4.78 is 0. The molecule has 1 atom stereocenters. The number of hydrogen-bond donors (Lipinski definition) is 0. The standard InChI is InChI=1S/C14H19N/c1-4-11-5-6-13-10-14(15(2)3)8-7-12(13)9-11/h5-9,14H,4,10H2,1-3H3. The van der Waals surface area contributed by atoms with Crippen LogP contribution < -0.4 is 0 Å². The topological polar surface area (TPSA) is 3.24 Å². The molecule has 0 bridgehead atoms. The summed E-state index contributed by atoms with van der Waals surface area (Å²) in [6.07, 6.45) is 6.84. The molecule has 0 saturated carbocycles. The first kappa shape index (κ1) is 10.4. The highest BCUT2D eigenvalue weighted by Crippen LogP contribution is 2.22. The summed E-state index contributed by atoms with van der Waals surface area (Å²) in [5.74, 6) is 0. The Morgan fingerprint density at radius 3 is 2.80 bits per heavy atom. The fourth-order valence-electron chi connectivity index (χ4n) is 2.07. The first-order chi connectivity index (χ1) is 7.20. The van der Waals surface area contributed by atoms with Gasteiger partial charge in [-0.2, -0.15) is 0 Å². The number of hydrogen-bond acceptors (Lipinski definition) is 1. The Labute approximate surface area is 92.4 Å². The first-order valence-electron chi connectivity index (χ1n) is 5.67. The van der Waals surface area contributed by atoms with Gasteiger partial charge in [0.1, 0.15) is 0 Å². The number of fused-ring (bicyclic) bond motifs is 1. The Bertz CT molecular complexity index is 377. The molecule has 1 aliphatic rings. The minimum absolute atomic E-state index is 0.560. The molecular weight excluding hydrogens is 182 g/mol. The van der Waals surface area contributed by atoms with E-state index >= 15 is 0 Å². The van der Waals surface area contributed by atoms with Gasteiger partial charge >= 0.3 is 0 Å². The monoisotopic (exact) mass is 201 g/mol. The van der Waals surface area contributed by atoms with Gasteiger partial charge in [-0.1, -0.05) is 37.3 Å². The number of benzene rings is 1. The highest BCUT2D eigenvalue weighted by atomic mass is 15.1. The van der Waals surface area contributed by atoms with Crippen LogP contribution in [-0.2, 0) is 12.8 Å². The lowest BCUT2D eigenvalue weighted by molar-refractivity contribution is 0.340. The normalized spacial score (nSPS) is 19.3. The smallest absolute Gasteiger partial charge is 0.0315 e. The molecule has 0 aliphatic heterocycles. The van der Waals surface area contributed by atoms with Crippen molar-refractivity contribution in [3.05, 3.63) is 41.0 Å². The van der Waals surface area contributed by atoms with Gasteiger partial charge in [0.25, 0.3) is 0 Å². The van der Waals surface area contributed by atoms with Crippen molar-refractivity contribution in [2.24, 2.45) is 0 Å². The maximum Gasteiger partial charge on any atom is 0.0315 e. The summed E-state index contributed by atoms with van der Waals surface area (Å²) in [6.45, 7) is 2.21.